The summed E-state index contributed by atoms with van der Waals surface area (Å²) < 4.78 is 11.9. The molecular weight excluding hydrogens is 448 g/mol. The molecule has 0 N–H and O–H groups in total. The fraction of sp³-hybridized carbons (Fsp3) is 0.222. The first-order valence-electron chi connectivity index (χ1n) is 11.0. The van der Waals surface area contributed by atoms with Gasteiger partial charge in [-0.1, -0.05) is 72.8 Å². The van der Waals surface area contributed by atoms with Gasteiger partial charge in [0.2, 0.25) is 0 Å². The van der Waals surface area contributed by atoms with E-state index in [1.807, 2.05) is 84.9 Å². The van der Waals surface area contributed by atoms with E-state index in [0.29, 0.717) is 0 Å². The Labute approximate surface area is 200 Å². The number of imidazole rings is 1. The van der Waals surface area contributed by atoms with Crippen LogP contribution < -0.4 is 0 Å². The van der Waals surface area contributed by atoms with Crippen LogP contribution in [0.5, 0.6) is 0 Å². The van der Waals surface area contributed by atoms with Gasteiger partial charge < -0.3 is 14.0 Å². The Kier molecular flexibility index (Phi) is 4.61. The van der Waals surface area contributed by atoms with Gasteiger partial charge in [-0.25, -0.2) is 4.98 Å². The highest BCUT2D eigenvalue weighted by Gasteiger charge is 2.76. The molecular formula is C27H22N2O4S. The third-order valence-corrected chi connectivity index (χ3v) is 9.01. The molecule has 0 spiro atoms. The minimum Gasteiger partial charge on any atom is -0.469 e. The average Bonchev–Trinajstić information content (AvgIpc) is 3.54. The summed E-state index contributed by atoms with van der Waals surface area (Å²) in [5.74, 6) is -1.83. The molecule has 4 atom stereocenters. The van der Waals surface area contributed by atoms with Gasteiger partial charge in [0.1, 0.15) is 21.4 Å². The predicted molar refractivity (Wildman–Crippen MR) is 129 cm³/mol. The molecule has 34 heavy (non-hydrogen) atoms. The van der Waals surface area contributed by atoms with Gasteiger partial charge in [0.05, 0.1) is 31.2 Å². The molecule has 0 saturated carbocycles. The Hall–Kier alpha value is -3.58. The molecule has 7 heteroatoms. The van der Waals surface area contributed by atoms with Crippen LogP contribution in [0.3, 0.4) is 0 Å². The molecule has 2 bridgehead atoms. The van der Waals surface area contributed by atoms with Crippen LogP contribution in [0, 0.1) is 11.8 Å². The van der Waals surface area contributed by atoms with Crippen molar-refractivity contribution in [2.45, 2.75) is 9.62 Å². The van der Waals surface area contributed by atoms with Gasteiger partial charge in [0.25, 0.3) is 0 Å². The average molecular weight is 471 g/mol. The van der Waals surface area contributed by atoms with E-state index in [2.05, 4.69) is 4.57 Å². The van der Waals surface area contributed by atoms with Crippen molar-refractivity contribution in [3.8, 4) is 0 Å². The zero-order chi connectivity index (χ0) is 23.5. The summed E-state index contributed by atoms with van der Waals surface area (Å²) in [6.45, 7) is 0. The predicted octanol–water partition coefficient (Wildman–Crippen LogP) is 4.32. The lowest BCUT2D eigenvalue weighted by Crippen LogP contribution is -2.51. The maximum atomic E-state index is 13.6. The summed E-state index contributed by atoms with van der Waals surface area (Å²) in [6.07, 6.45) is 0. The van der Waals surface area contributed by atoms with E-state index in [1.54, 1.807) is 11.8 Å². The van der Waals surface area contributed by atoms with Crippen molar-refractivity contribution in [1.29, 1.82) is 0 Å². The molecule has 4 aromatic rings. The zero-order valence-electron chi connectivity index (χ0n) is 18.7. The lowest BCUT2D eigenvalue weighted by molar-refractivity contribution is -0.161. The molecule has 1 fully saturated rings. The van der Waals surface area contributed by atoms with Gasteiger partial charge in [-0.05, 0) is 23.3 Å². The number of ether oxygens (including phenoxy) is 2. The van der Waals surface area contributed by atoms with Crippen molar-refractivity contribution >= 4 is 34.7 Å². The number of esters is 2. The number of methoxy groups -OCH3 is 2. The number of hydrogen-bond donors (Lipinski definition) is 0. The third kappa shape index (κ3) is 2.45. The highest BCUT2D eigenvalue weighted by atomic mass is 32.2. The lowest BCUT2D eigenvalue weighted by Gasteiger charge is -2.39. The smallest absolute Gasteiger partial charge is 0.313 e. The lowest BCUT2D eigenvalue weighted by atomic mass is 9.70. The molecule has 3 aromatic carbocycles. The first kappa shape index (κ1) is 21.0. The third-order valence-electron chi connectivity index (χ3n) is 7.03. The first-order chi connectivity index (χ1) is 16.6. The summed E-state index contributed by atoms with van der Waals surface area (Å²) >= 11 is 1.59. The fourth-order valence-electron chi connectivity index (χ4n) is 5.76. The second kappa shape index (κ2) is 7.46. The summed E-state index contributed by atoms with van der Waals surface area (Å²) in [5, 5.41) is 0. The molecule has 0 aliphatic carbocycles. The van der Waals surface area contributed by atoms with Gasteiger partial charge in [0.15, 0.2) is 0 Å². The number of thioether (sulfide) groups is 1. The highest BCUT2D eigenvalue weighted by molar-refractivity contribution is 8.02. The van der Waals surface area contributed by atoms with Crippen LogP contribution in [-0.4, -0.2) is 35.7 Å². The van der Waals surface area contributed by atoms with Crippen LogP contribution in [0.1, 0.15) is 17.0 Å². The normalized spacial score (nSPS) is 26.9. The second-order valence-corrected chi connectivity index (χ2v) is 10.00. The molecule has 0 radical (unpaired) electrons. The first-order valence-corrected chi connectivity index (χ1v) is 11.9. The number of carbonyl (C=O) groups is 2. The van der Waals surface area contributed by atoms with Crippen molar-refractivity contribution in [3.05, 3.63) is 102 Å². The molecule has 4 unspecified atom stereocenters. The van der Waals surface area contributed by atoms with Crippen LogP contribution in [0.4, 0.5) is 0 Å². The number of hydrogen-bond acceptors (Lipinski definition) is 6. The number of fused-ring (bicyclic) bond motifs is 7. The van der Waals surface area contributed by atoms with Crippen LogP contribution in [0.2, 0.25) is 0 Å². The maximum Gasteiger partial charge on any atom is 0.313 e. The summed E-state index contributed by atoms with van der Waals surface area (Å²) in [7, 11) is 2.73. The van der Waals surface area contributed by atoms with E-state index in [4.69, 9.17) is 14.5 Å². The van der Waals surface area contributed by atoms with Crippen molar-refractivity contribution in [2.24, 2.45) is 11.8 Å². The van der Waals surface area contributed by atoms with Crippen LogP contribution in [0.15, 0.2) is 84.9 Å². The van der Waals surface area contributed by atoms with Gasteiger partial charge in [-0.15, -0.1) is 11.8 Å². The number of benzene rings is 3. The zero-order valence-corrected chi connectivity index (χ0v) is 19.5. The Bertz CT molecular complexity index is 1420. The fourth-order valence-corrected chi connectivity index (χ4v) is 7.99. The molecule has 0 amide bonds. The van der Waals surface area contributed by atoms with E-state index >= 15 is 0 Å². The van der Waals surface area contributed by atoms with Crippen LogP contribution in [0.25, 0.3) is 11.0 Å². The van der Waals surface area contributed by atoms with E-state index in [-0.39, 0.29) is 0 Å². The topological polar surface area (TPSA) is 70.4 Å². The molecule has 1 saturated heterocycles. The maximum absolute atomic E-state index is 13.6. The Balaban J connectivity index is 1.81. The largest absolute Gasteiger partial charge is 0.469 e. The molecule has 170 valence electrons. The molecule has 2 aliphatic heterocycles. The van der Waals surface area contributed by atoms with Crippen molar-refractivity contribution < 1.29 is 19.1 Å². The Morgan fingerprint density at radius 3 is 2.00 bits per heavy atom. The van der Waals surface area contributed by atoms with Crippen LogP contribution >= 0.6 is 11.8 Å². The molecule has 6 nitrogen and oxygen atoms in total. The minimum atomic E-state index is -0.950. The SMILES string of the molecule is COC(=O)C1C(C(=O)OC)C2(c3ccccc3)SC1(c1ccccc1)c1nc3ccccc3n12. The monoisotopic (exact) mass is 470 g/mol. The Morgan fingerprint density at radius 1 is 0.794 bits per heavy atom. The van der Waals surface area contributed by atoms with E-state index in [0.717, 1.165) is 28.0 Å². The van der Waals surface area contributed by atoms with Crippen molar-refractivity contribution in [1.82, 2.24) is 9.55 Å². The van der Waals surface area contributed by atoms with Crippen molar-refractivity contribution in [3.63, 3.8) is 0 Å². The summed E-state index contributed by atoms with van der Waals surface area (Å²) in [6, 6.07) is 27.5. The van der Waals surface area contributed by atoms with Gasteiger partial charge in [0, 0.05) is 0 Å². The van der Waals surface area contributed by atoms with Crippen molar-refractivity contribution in [2.75, 3.05) is 14.2 Å². The Morgan fingerprint density at radius 2 is 1.35 bits per heavy atom. The number of nitrogens with zero attached hydrogens (tertiary/aromatic N) is 2. The number of carbonyl (C=O) groups excluding carboxylic acids is 2. The second-order valence-electron chi connectivity index (χ2n) is 8.53. The molecule has 2 aliphatic rings. The summed E-state index contributed by atoms with van der Waals surface area (Å²) in [4.78, 5) is 31.2. The number of para-hydroxylation sites is 2. The van der Waals surface area contributed by atoms with Gasteiger partial charge in [-0.3, -0.25) is 9.59 Å². The quantitative estimate of drug-likeness (QED) is 0.414. The van der Waals surface area contributed by atoms with E-state index in [9.17, 15) is 9.59 Å². The minimum absolute atomic E-state index is 0.451. The highest BCUT2D eigenvalue weighted by Crippen LogP contribution is 2.74. The standard InChI is InChI=1S/C27H22N2O4S/c1-32-23(30)21-22(24(31)33-2)27(18-13-7-4-8-14-18)29-20-16-10-9-15-19(20)28-25(29)26(21,34-27)17-11-5-3-6-12-17/h3-16,21-22H,1-2H3. The van der Waals surface area contributed by atoms with E-state index in [1.165, 1.54) is 14.2 Å². The van der Waals surface area contributed by atoms with Gasteiger partial charge >= 0.3 is 11.9 Å². The van der Waals surface area contributed by atoms with E-state index < -0.39 is 33.4 Å². The van der Waals surface area contributed by atoms with Gasteiger partial charge in [-0.2, -0.15) is 0 Å². The molecule has 1 aromatic heterocycles. The molecule has 6 rings (SSSR count). The van der Waals surface area contributed by atoms with Crippen LogP contribution in [-0.2, 0) is 28.7 Å². The number of rotatable bonds is 4. The summed E-state index contributed by atoms with van der Waals surface area (Å²) in [5.41, 5.74) is 3.52. The molecule has 3 heterocycles. The number of aromatic nitrogens is 2.